The molecule has 0 saturated carbocycles. The normalized spacial score (nSPS) is 12.8. The maximum atomic E-state index is 11.7. The Morgan fingerprint density at radius 2 is 2.19 bits per heavy atom. The van der Waals surface area contributed by atoms with E-state index in [0.29, 0.717) is 5.89 Å². The van der Waals surface area contributed by atoms with Crippen LogP contribution in [0, 0.1) is 12.3 Å². The Bertz CT molecular complexity index is 421. The first-order valence-corrected chi connectivity index (χ1v) is 4.80. The summed E-state index contributed by atoms with van der Waals surface area (Å²) in [6, 6.07) is 0. The molecule has 0 unspecified atom stereocenters. The van der Waals surface area contributed by atoms with Gasteiger partial charge in [0.25, 0.3) is 5.89 Å². The van der Waals surface area contributed by atoms with E-state index in [1.54, 1.807) is 20.8 Å². The highest BCUT2D eigenvalue weighted by atomic mass is 16.4. The van der Waals surface area contributed by atoms with Crippen molar-refractivity contribution in [3.8, 4) is 0 Å². The maximum Gasteiger partial charge on any atom is 0.284 e. The number of aliphatic hydroxyl groups is 1. The van der Waals surface area contributed by atoms with Crippen LogP contribution in [0.15, 0.2) is 16.4 Å². The Balaban J connectivity index is 2.79. The smallest absolute Gasteiger partial charge is 0.284 e. The van der Waals surface area contributed by atoms with Crippen LogP contribution in [-0.2, 0) is 0 Å². The summed E-state index contributed by atoms with van der Waals surface area (Å²) in [5.41, 5.74) is 5.16. The van der Waals surface area contributed by atoms with Crippen molar-refractivity contribution in [3.63, 3.8) is 0 Å². The molecule has 0 aliphatic rings. The van der Waals surface area contributed by atoms with Crippen LogP contribution >= 0.6 is 0 Å². The SMILES string of the molecule is Cc1nnc(C(=O)CC(C)(C)/C(N)=C/O)o1. The fourth-order valence-electron chi connectivity index (χ4n) is 1.16. The fourth-order valence-corrected chi connectivity index (χ4v) is 1.16. The zero-order valence-corrected chi connectivity index (χ0v) is 9.52. The van der Waals surface area contributed by atoms with E-state index in [2.05, 4.69) is 10.2 Å². The van der Waals surface area contributed by atoms with Gasteiger partial charge in [-0.15, -0.1) is 10.2 Å². The van der Waals surface area contributed by atoms with Crippen LogP contribution in [0.3, 0.4) is 0 Å². The molecule has 6 heteroatoms. The number of carbonyl (C=O) groups excluding carboxylic acids is 1. The number of hydrogen-bond donors (Lipinski definition) is 2. The third-order valence-corrected chi connectivity index (χ3v) is 2.29. The minimum Gasteiger partial charge on any atom is -0.514 e. The molecule has 0 atom stereocenters. The van der Waals surface area contributed by atoms with E-state index in [4.69, 9.17) is 15.3 Å². The highest BCUT2D eigenvalue weighted by Gasteiger charge is 2.28. The molecule has 1 rings (SSSR count). The third-order valence-electron chi connectivity index (χ3n) is 2.29. The van der Waals surface area contributed by atoms with Gasteiger partial charge in [0.1, 0.15) is 0 Å². The largest absolute Gasteiger partial charge is 0.514 e. The summed E-state index contributed by atoms with van der Waals surface area (Å²) in [6.07, 6.45) is 0.893. The van der Waals surface area contributed by atoms with Gasteiger partial charge in [-0.1, -0.05) is 13.8 Å². The summed E-state index contributed by atoms with van der Waals surface area (Å²) >= 11 is 0. The van der Waals surface area contributed by atoms with Gasteiger partial charge in [-0.3, -0.25) is 4.79 Å². The van der Waals surface area contributed by atoms with Crippen molar-refractivity contribution in [1.82, 2.24) is 10.2 Å². The van der Waals surface area contributed by atoms with Crippen molar-refractivity contribution >= 4 is 5.78 Å². The summed E-state index contributed by atoms with van der Waals surface area (Å²) in [7, 11) is 0. The van der Waals surface area contributed by atoms with Crippen LogP contribution in [-0.4, -0.2) is 21.1 Å². The average Bonchev–Trinajstić information content (AvgIpc) is 2.63. The van der Waals surface area contributed by atoms with Gasteiger partial charge < -0.3 is 15.3 Å². The molecule has 0 amide bonds. The zero-order chi connectivity index (χ0) is 12.3. The molecule has 0 fully saturated rings. The average molecular weight is 225 g/mol. The second-order valence-electron chi connectivity index (χ2n) is 4.19. The molecule has 1 aromatic rings. The first kappa shape index (κ1) is 12.2. The van der Waals surface area contributed by atoms with Crippen LogP contribution in [0.2, 0.25) is 0 Å². The quantitative estimate of drug-likeness (QED) is 0.592. The molecule has 16 heavy (non-hydrogen) atoms. The molecule has 88 valence electrons. The number of Topliss-reactive ketones (excluding diaryl/α,β-unsaturated/α-hetero) is 1. The minimum atomic E-state index is -0.645. The standard InChI is InChI=1S/C10H15N3O3/c1-6-12-13-9(16-6)7(15)4-10(2,3)8(11)5-14/h5,14H,4,11H2,1-3H3/b8-5-. The Morgan fingerprint density at radius 1 is 1.56 bits per heavy atom. The van der Waals surface area contributed by atoms with Crippen molar-refractivity contribution in [3.05, 3.63) is 23.7 Å². The third kappa shape index (κ3) is 2.59. The molecule has 0 bridgehead atoms. The van der Waals surface area contributed by atoms with E-state index in [-0.39, 0.29) is 23.8 Å². The van der Waals surface area contributed by atoms with Crippen LogP contribution in [0.5, 0.6) is 0 Å². The highest BCUT2D eigenvalue weighted by molar-refractivity contribution is 5.92. The summed E-state index contributed by atoms with van der Waals surface area (Å²) in [5.74, 6) is 0.0125. The molecule has 6 nitrogen and oxygen atoms in total. The van der Waals surface area contributed by atoms with Gasteiger partial charge in [-0.2, -0.15) is 0 Å². The second kappa shape index (κ2) is 4.34. The number of nitrogens with zero attached hydrogens (tertiary/aromatic N) is 2. The second-order valence-corrected chi connectivity index (χ2v) is 4.19. The lowest BCUT2D eigenvalue weighted by Gasteiger charge is -2.22. The van der Waals surface area contributed by atoms with Crippen molar-refractivity contribution in [2.45, 2.75) is 27.2 Å². The van der Waals surface area contributed by atoms with Gasteiger partial charge in [-0.25, -0.2) is 0 Å². The number of allylic oxidation sites excluding steroid dienone is 1. The van der Waals surface area contributed by atoms with Gasteiger partial charge in [-0.05, 0) is 0 Å². The van der Waals surface area contributed by atoms with Crippen LogP contribution in [0.4, 0.5) is 0 Å². The summed E-state index contributed by atoms with van der Waals surface area (Å²) < 4.78 is 5.01. The Morgan fingerprint density at radius 3 is 2.62 bits per heavy atom. The van der Waals surface area contributed by atoms with Crippen molar-refractivity contribution in [1.29, 1.82) is 0 Å². The topological polar surface area (TPSA) is 102 Å². The molecule has 0 saturated heterocycles. The first-order valence-electron chi connectivity index (χ1n) is 4.80. The van der Waals surface area contributed by atoms with Crippen LogP contribution in [0.1, 0.15) is 36.8 Å². The van der Waals surface area contributed by atoms with Gasteiger partial charge in [0.2, 0.25) is 11.7 Å². The Labute approximate surface area is 93.2 Å². The predicted molar refractivity (Wildman–Crippen MR) is 56.7 cm³/mol. The molecule has 1 aromatic heterocycles. The Hall–Kier alpha value is -1.85. The van der Waals surface area contributed by atoms with Gasteiger partial charge in [0.15, 0.2) is 0 Å². The molecule has 3 N–H and O–H groups in total. The number of hydrogen-bond acceptors (Lipinski definition) is 6. The van der Waals surface area contributed by atoms with E-state index >= 15 is 0 Å². The van der Waals surface area contributed by atoms with E-state index in [1.165, 1.54) is 0 Å². The van der Waals surface area contributed by atoms with Gasteiger partial charge in [0, 0.05) is 24.5 Å². The molecule has 0 aromatic carbocycles. The molecule has 0 radical (unpaired) electrons. The number of rotatable bonds is 4. The van der Waals surface area contributed by atoms with Crippen LogP contribution < -0.4 is 5.73 Å². The van der Waals surface area contributed by atoms with Gasteiger partial charge in [0.05, 0.1) is 6.26 Å². The van der Waals surface area contributed by atoms with Crippen LogP contribution in [0.25, 0.3) is 0 Å². The summed E-state index contributed by atoms with van der Waals surface area (Å²) in [6.45, 7) is 5.10. The molecule has 0 aliphatic carbocycles. The number of nitrogens with two attached hydrogens (primary N) is 1. The van der Waals surface area contributed by atoms with Crippen molar-refractivity contribution in [2.75, 3.05) is 0 Å². The van der Waals surface area contributed by atoms with Crippen molar-refractivity contribution in [2.24, 2.45) is 11.1 Å². The number of carbonyl (C=O) groups is 1. The molecular weight excluding hydrogens is 210 g/mol. The fraction of sp³-hybridized carbons (Fsp3) is 0.500. The molecular formula is C10H15N3O3. The Kier molecular flexibility index (Phi) is 3.31. The number of aliphatic hydroxyl groups excluding tert-OH is 1. The van der Waals surface area contributed by atoms with E-state index < -0.39 is 5.41 Å². The zero-order valence-electron chi connectivity index (χ0n) is 9.52. The van der Waals surface area contributed by atoms with E-state index in [1.807, 2.05) is 0 Å². The monoisotopic (exact) mass is 225 g/mol. The van der Waals surface area contributed by atoms with Gasteiger partial charge >= 0.3 is 0 Å². The lowest BCUT2D eigenvalue weighted by molar-refractivity contribution is 0.0908. The predicted octanol–water partition coefficient (Wildman–Crippen LogP) is 1.34. The summed E-state index contributed by atoms with van der Waals surface area (Å²) in [5, 5.41) is 16.0. The minimum absolute atomic E-state index is 0.0312. The van der Waals surface area contributed by atoms with Crippen molar-refractivity contribution < 1.29 is 14.3 Å². The first-order chi connectivity index (χ1) is 7.36. The molecule has 0 aliphatic heterocycles. The number of aromatic nitrogens is 2. The molecule has 0 spiro atoms. The van der Waals surface area contributed by atoms with E-state index in [0.717, 1.165) is 6.26 Å². The summed E-state index contributed by atoms with van der Waals surface area (Å²) in [4.78, 5) is 11.7. The van der Waals surface area contributed by atoms with E-state index in [9.17, 15) is 4.79 Å². The molecule has 1 heterocycles. The lowest BCUT2D eigenvalue weighted by Crippen LogP contribution is -2.25. The highest BCUT2D eigenvalue weighted by Crippen LogP contribution is 2.28. The lowest BCUT2D eigenvalue weighted by atomic mass is 9.84. The number of aryl methyl sites for hydroxylation is 1. The maximum absolute atomic E-state index is 11.7. The number of ketones is 1.